The van der Waals surface area contributed by atoms with Gasteiger partial charge in [0.05, 0.1) is 5.54 Å². The first-order valence-corrected chi connectivity index (χ1v) is 8.35. The predicted octanol–water partition coefficient (Wildman–Crippen LogP) is 3.74. The SMILES string of the molecule is CCC1CCC(CN)(N2CCCCc3ccccc32)C1. The molecule has 2 N–H and O–H groups in total. The van der Waals surface area contributed by atoms with E-state index in [9.17, 15) is 0 Å². The Morgan fingerprint density at radius 2 is 2.15 bits per heavy atom. The molecule has 0 bridgehead atoms. The Hall–Kier alpha value is -1.02. The summed E-state index contributed by atoms with van der Waals surface area (Å²) in [5.41, 5.74) is 9.50. The summed E-state index contributed by atoms with van der Waals surface area (Å²) in [6.45, 7) is 4.32. The first-order chi connectivity index (χ1) is 9.79. The molecule has 1 aromatic carbocycles. The number of nitrogens with two attached hydrogens (primary N) is 1. The fourth-order valence-corrected chi connectivity index (χ4v) is 4.29. The average molecular weight is 272 g/mol. The van der Waals surface area contributed by atoms with Crippen LogP contribution < -0.4 is 10.6 Å². The summed E-state index contributed by atoms with van der Waals surface area (Å²) in [6.07, 6.45) is 9.05. The summed E-state index contributed by atoms with van der Waals surface area (Å²) in [7, 11) is 0. The molecular weight excluding hydrogens is 244 g/mol. The number of para-hydroxylation sites is 1. The molecule has 1 saturated carbocycles. The number of fused-ring (bicyclic) bond motifs is 1. The minimum atomic E-state index is 0.223. The highest BCUT2D eigenvalue weighted by molar-refractivity contribution is 5.57. The molecule has 110 valence electrons. The van der Waals surface area contributed by atoms with E-state index in [2.05, 4.69) is 36.1 Å². The van der Waals surface area contributed by atoms with E-state index < -0.39 is 0 Å². The van der Waals surface area contributed by atoms with E-state index in [1.165, 1.54) is 62.7 Å². The normalized spacial score (nSPS) is 30.1. The zero-order valence-electron chi connectivity index (χ0n) is 12.8. The molecule has 1 fully saturated rings. The van der Waals surface area contributed by atoms with Crippen molar-refractivity contribution in [2.45, 2.75) is 57.4 Å². The van der Waals surface area contributed by atoms with Gasteiger partial charge in [0, 0.05) is 18.8 Å². The Labute approximate surface area is 123 Å². The number of rotatable bonds is 3. The van der Waals surface area contributed by atoms with E-state index in [0.717, 1.165) is 12.5 Å². The fraction of sp³-hybridized carbons (Fsp3) is 0.667. The molecule has 0 amide bonds. The summed E-state index contributed by atoms with van der Waals surface area (Å²) >= 11 is 0. The van der Waals surface area contributed by atoms with Crippen LogP contribution in [0.1, 0.15) is 51.0 Å². The van der Waals surface area contributed by atoms with Gasteiger partial charge in [0.2, 0.25) is 0 Å². The Bertz CT molecular complexity index is 456. The van der Waals surface area contributed by atoms with E-state index in [-0.39, 0.29) is 5.54 Å². The highest BCUT2D eigenvalue weighted by Gasteiger charge is 2.42. The molecule has 0 aromatic heterocycles. The lowest BCUT2D eigenvalue weighted by Gasteiger charge is -2.43. The van der Waals surface area contributed by atoms with Gasteiger partial charge in [-0.25, -0.2) is 0 Å². The maximum atomic E-state index is 6.28. The van der Waals surface area contributed by atoms with Crippen molar-refractivity contribution in [3.05, 3.63) is 29.8 Å². The summed E-state index contributed by atoms with van der Waals surface area (Å²) in [4.78, 5) is 2.69. The van der Waals surface area contributed by atoms with Gasteiger partial charge in [-0.15, -0.1) is 0 Å². The fourth-order valence-electron chi connectivity index (χ4n) is 4.29. The summed E-state index contributed by atoms with van der Waals surface area (Å²) in [6, 6.07) is 9.00. The highest BCUT2D eigenvalue weighted by atomic mass is 15.2. The molecule has 2 nitrogen and oxygen atoms in total. The van der Waals surface area contributed by atoms with Crippen molar-refractivity contribution in [2.24, 2.45) is 11.7 Å². The Balaban J connectivity index is 1.95. The Kier molecular flexibility index (Phi) is 4.02. The van der Waals surface area contributed by atoms with Crippen molar-refractivity contribution in [1.29, 1.82) is 0 Å². The zero-order valence-corrected chi connectivity index (χ0v) is 12.8. The van der Waals surface area contributed by atoms with Gasteiger partial charge in [-0.1, -0.05) is 31.5 Å². The summed E-state index contributed by atoms with van der Waals surface area (Å²) < 4.78 is 0. The van der Waals surface area contributed by atoms with Gasteiger partial charge in [0.1, 0.15) is 0 Å². The predicted molar refractivity (Wildman–Crippen MR) is 86.1 cm³/mol. The minimum absolute atomic E-state index is 0.223. The van der Waals surface area contributed by atoms with E-state index in [4.69, 9.17) is 5.73 Å². The van der Waals surface area contributed by atoms with Crippen LogP contribution in [0.5, 0.6) is 0 Å². The molecule has 3 rings (SSSR count). The number of nitrogens with zero attached hydrogens (tertiary/aromatic N) is 1. The van der Waals surface area contributed by atoms with Crippen molar-refractivity contribution in [3.63, 3.8) is 0 Å². The second-order valence-corrected chi connectivity index (χ2v) is 6.68. The van der Waals surface area contributed by atoms with Crippen LogP contribution in [0.2, 0.25) is 0 Å². The third-order valence-electron chi connectivity index (χ3n) is 5.58. The van der Waals surface area contributed by atoms with Crippen molar-refractivity contribution < 1.29 is 0 Å². The first kappa shape index (κ1) is 13.9. The van der Waals surface area contributed by atoms with E-state index in [1.807, 2.05) is 0 Å². The van der Waals surface area contributed by atoms with Gasteiger partial charge in [0.25, 0.3) is 0 Å². The van der Waals surface area contributed by atoms with Gasteiger partial charge in [-0.05, 0) is 56.1 Å². The molecule has 1 heterocycles. The van der Waals surface area contributed by atoms with Crippen LogP contribution >= 0.6 is 0 Å². The van der Waals surface area contributed by atoms with Crippen LogP contribution in [0.4, 0.5) is 5.69 Å². The number of hydrogen-bond donors (Lipinski definition) is 1. The van der Waals surface area contributed by atoms with Crippen molar-refractivity contribution >= 4 is 5.69 Å². The lowest BCUT2D eigenvalue weighted by Crippen LogP contribution is -2.53. The van der Waals surface area contributed by atoms with Crippen molar-refractivity contribution in [3.8, 4) is 0 Å². The van der Waals surface area contributed by atoms with Crippen LogP contribution in [0.15, 0.2) is 24.3 Å². The van der Waals surface area contributed by atoms with Crippen LogP contribution in [0.3, 0.4) is 0 Å². The largest absolute Gasteiger partial charge is 0.364 e. The van der Waals surface area contributed by atoms with E-state index in [0.29, 0.717) is 0 Å². The van der Waals surface area contributed by atoms with Gasteiger partial charge >= 0.3 is 0 Å². The molecule has 1 aliphatic carbocycles. The van der Waals surface area contributed by atoms with Gasteiger partial charge in [0.15, 0.2) is 0 Å². The minimum Gasteiger partial charge on any atom is -0.364 e. The monoisotopic (exact) mass is 272 g/mol. The number of benzene rings is 1. The molecule has 2 unspecified atom stereocenters. The van der Waals surface area contributed by atoms with Gasteiger partial charge in [-0.3, -0.25) is 0 Å². The number of hydrogen-bond acceptors (Lipinski definition) is 2. The topological polar surface area (TPSA) is 29.3 Å². The van der Waals surface area contributed by atoms with Crippen LogP contribution in [0, 0.1) is 5.92 Å². The summed E-state index contributed by atoms with van der Waals surface area (Å²) in [5, 5.41) is 0. The first-order valence-electron chi connectivity index (χ1n) is 8.35. The second kappa shape index (κ2) is 5.77. The third-order valence-corrected chi connectivity index (χ3v) is 5.58. The number of aryl methyl sites for hydroxylation is 1. The van der Waals surface area contributed by atoms with Gasteiger partial charge in [-0.2, -0.15) is 0 Å². The Morgan fingerprint density at radius 1 is 1.30 bits per heavy atom. The Morgan fingerprint density at radius 3 is 2.90 bits per heavy atom. The van der Waals surface area contributed by atoms with Gasteiger partial charge < -0.3 is 10.6 Å². The molecule has 1 aliphatic heterocycles. The average Bonchev–Trinajstić information content (AvgIpc) is 2.81. The van der Waals surface area contributed by atoms with Crippen LogP contribution in [-0.4, -0.2) is 18.6 Å². The summed E-state index contributed by atoms with van der Waals surface area (Å²) in [5.74, 6) is 0.869. The standard InChI is InChI=1S/C18H28N2/c1-2-15-10-11-18(13-15,14-19)20-12-6-5-8-16-7-3-4-9-17(16)20/h3-4,7,9,15H,2,5-6,8,10-14,19H2,1H3. The molecule has 0 radical (unpaired) electrons. The molecular formula is C18H28N2. The van der Waals surface area contributed by atoms with Crippen molar-refractivity contribution in [1.82, 2.24) is 0 Å². The maximum Gasteiger partial charge on any atom is 0.0527 e. The lowest BCUT2D eigenvalue weighted by molar-refractivity contribution is 0.380. The second-order valence-electron chi connectivity index (χ2n) is 6.68. The molecule has 0 saturated heterocycles. The molecule has 20 heavy (non-hydrogen) atoms. The smallest absolute Gasteiger partial charge is 0.0527 e. The number of anilines is 1. The molecule has 1 aromatic rings. The molecule has 2 aliphatic rings. The third kappa shape index (κ3) is 2.35. The van der Waals surface area contributed by atoms with Crippen molar-refractivity contribution in [2.75, 3.05) is 18.0 Å². The van der Waals surface area contributed by atoms with E-state index in [1.54, 1.807) is 0 Å². The molecule has 2 heteroatoms. The molecule has 2 atom stereocenters. The molecule has 0 spiro atoms. The van der Waals surface area contributed by atoms with Crippen LogP contribution in [0.25, 0.3) is 0 Å². The lowest BCUT2D eigenvalue weighted by atomic mass is 9.91. The van der Waals surface area contributed by atoms with E-state index >= 15 is 0 Å². The zero-order chi connectivity index (χ0) is 14.0. The van der Waals surface area contributed by atoms with Crippen LogP contribution in [-0.2, 0) is 6.42 Å². The quantitative estimate of drug-likeness (QED) is 0.908. The highest BCUT2D eigenvalue weighted by Crippen LogP contribution is 2.43. The maximum absolute atomic E-state index is 6.28.